The average molecular weight is 289 g/mol. The molecule has 3 unspecified atom stereocenters. The van der Waals surface area contributed by atoms with Crippen molar-refractivity contribution in [1.82, 2.24) is 5.32 Å². The molecule has 1 aromatic carbocycles. The van der Waals surface area contributed by atoms with Gasteiger partial charge in [-0.1, -0.05) is 18.2 Å². The molecule has 0 radical (unpaired) electrons. The van der Waals surface area contributed by atoms with Gasteiger partial charge in [-0.3, -0.25) is 4.79 Å². The summed E-state index contributed by atoms with van der Waals surface area (Å²) in [5.41, 5.74) is 0.580. The predicted molar refractivity (Wildman–Crippen MR) is 73.9 cm³/mol. The summed E-state index contributed by atoms with van der Waals surface area (Å²) in [5, 5.41) is 12.1. The van der Waals surface area contributed by atoms with Crippen molar-refractivity contribution in [1.29, 1.82) is 0 Å². The van der Waals surface area contributed by atoms with E-state index in [0.717, 1.165) is 0 Å². The number of halogens is 1. The molecule has 0 saturated heterocycles. The van der Waals surface area contributed by atoms with Gasteiger partial charge in [0.25, 0.3) is 0 Å². The lowest BCUT2D eigenvalue weighted by atomic mass is 10.1. The second-order valence-corrected chi connectivity index (χ2v) is 5.23. The predicted octanol–water partition coefficient (Wildman–Crippen LogP) is 2.37. The first kappa shape index (κ1) is 13.8. The van der Waals surface area contributed by atoms with Crippen LogP contribution < -0.4 is 5.32 Å². The largest absolute Gasteiger partial charge is 0.467 e. The number of rotatable bonds is 5. The van der Waals surface area contributed by atoms with Gasteiger partial charge in [-0.25, -0.2) is 4.39 Å². The monoisotopic (exact) mass is 289 g/mol. The first-order valence-electron chi connectivity index (χ1n) is 6.89. The second-order valence-electron chi connectivity index (χ2n) is 5.23. The summed E-state index contributed by atoms with van der Waals surface area (Å²) >= 11 is 0. The van der Waals surface area contributed by atoms with E-state index < -0.39 is 6.04 Å². The highest BCUT2D eigenvalue weighted by atomic mass is 19.1. The Hall–Kier alpha value is -2.14. The molecule has 1 fully saturated rings. The molecule has 3 rings (SSSR count). The SMILES string of the molecule is O=C(NC(CO)c1ccco1)C1CC1c1ccccc1F. The standard InChI is InChI=1S/C16H16FNO3/c17-13-5-2-1-4-10(13)11-8-12(11)16(20)18-14(9-19)15-6-3-7-21-15/h1-7,11-12,14,19H,8-9H2,(H,18,20). The zero-order valence-electron chi connectivity index (χ0n) is 11.3. The Labute approximate surface area is 121 Å². The molecule has 0 spiro atoms. The van der Waals surface area contributed by atoms with Crippen molar-refractivity contribution >= 4 is 5.91 Å². The van der Waals surface area contributed by atoms with Crippen LogP contribution in [-0.4, -0.2) is 17.6 Å². The van der Waals surface area contributed by atoms with Crippen molar-refractivity contribution < 1.29 is 18.7 Å². The molecule has 0 bridgehead atoms. The molecule has 1 amide bonds. The topological polar surface area (TPSA) is 62.5 Å². The molecule has 1 heterocycles. The number of carbonyl (C=O) groups excluding carboxylic acids is 1. The molecule has 2 N–H and O–H groups in total. The number of benzene rings is 1. The number of furan rings is 1. The van der Waals surface area contributed by atoms with Crippen LogP contribution >= 0.6 is 0 Å². The van der Waals surface area contributed by atoms with E-state index in [0.29, 0.717) is 17.7 Å². The number of hydrogen-bond donors (Lipinski definition) is 2. The second kappa shape index (κ2) is 5.69. The Bertz CT molecular complexity index is 626. The van der Waals surface area contributed by atoms with E-state index in [2.05, 4.69) is 5.32 Å². The van der Waals surface area contributed by atoms with Gasteiger partial charge in [0, 0.05) is 5.92 Å². The molecule has 0 aliphatic heterocycles. The lowest BCUT2D eigenvalue weighted by molar-refractivity contribution is -0.123. The van der Waals surface area contributed by atoms with Crippen LogP contribution in [0.5, 0.6) is 0 Å². The van der Waals surface area contributed by atoms with Crippen LogP contribution in [0.2, 0.25) is 0 Å². The van der Waals surface area contributed by atoms with E-state index in [-0.39, 0.29) is 30.2 Å². The summed E-state index contributed by atoms with van der Waals surface area (Å²) < 4.78 is 18.9. The normalized spacial score (nSPS) is 21.8. The Morgan fingerprint density at radius 3 is 2.86 bits per heavy atom. The third-order valence-electron chi connectivity index (χ3n) is 3.82. The highest BCUT2D eigenvalue weighted by Gasteiger charge is 2.45. The summed E-state index contributed by atoms with van der Waals surface area (Å²) in [4.78, 5) is 12.2. The highest BCUT2D eigenvalue weighted by molar-refractivity contribution is 5.83. The molecule has 110 valence electrons. The quantitative estimate of drug-likeness (QED) is 0.888. The van der Waals surface area contributed by atoms with E-state index in [1.807, 2.05) is 0 Å². The lowest BCUT2D eigenvalue weighted by Gasteiger charge is -2.14. The van der Waals surface area contributed by atoms with Gasteiger partial charge in [-0.2, -0.15) is 0 Å². The summed E-state index contributed by atoms with van der Waals surface area (Å²) in [7, 11) is 0. The van der Waals surface area contributed by atoms with E-state index in [1.54, 1.807) is 30.3 Å². The summed E-state index contributed by atoms with van der Waals surface area (Å²) in [6.07, 6.45) is 2.12. The third-order valence-corrected chi connectivity index (χ3v) is 3.82. The van der Waals surface area contributed by atoms with Crippen LogP contribution in [0.15, 0.2) is 47.1 Å². The first-order valence-corrected chi connectivity index (χ1v) is 6.89. The van der Waals surface area contributed by atoms with Gasteiger partial charge in [-0.05, 0) is 36.1 Å². The zero-order chi connectivity index (χ0) is 14.8. The minimum atomic E-state index is -0.561. The molecule has 2 aromatic rings. The van der Waals surface area contributed by atoms with Gasteiger partial charge in [0.2, 0.25) is 5.91 Å². The number of carbonyl (C=O) groups is 1. The fraction of sp³-hybridized carbons (Fsp3) is 0.312. The number of amides is 1. The fourth-order valence-corrected chi connectivity index (χ4v) is 2.58. The minimum Gasteiger partial charge on any atom is -0.467 e. The molecule has 5 heteroatoms. The maximum Gasteiger partial charge on any atom is 0.224 e. The average Bonchev–Trinajstić information content (AvgIpc) is 3.10. The van der Waals surface area contributed by atoms with Crippen LogP contribution in [0.1, 0.15) is 29.7 Å². The van der Waals surface area contributed by atoms with Crippen molar-refractivity contribution in [2.24, 2.45) is 5.92 Å². The van der Waals surface area contributed by atoms with Gasteiger partial charge < -0.3 is 14.8 Å². The van der Waals surface area contributed by atoms with Gasteiger partial charge in [0.1, 0.15) is 17.6 Å². The van der Waals surface area contributed by atoms with Crippen LogP contribution in [0.3, 0.4) is 0 Å². The fourth-order valence-electron chi connectivity index (χ4n) is 2.58. The molecular formula is C16H16FNO3. The van der Waals surface area contributed by atoms with Crippen molar-refractivity contribution in [3.8, 4) is 0 Å². The molecule has 4 nitrogen and oxygen atoms in total. The molecule has 1 aromatic heterocycles. The van der Waals surface area contributed by atoms with Crippen molar-refractivity contribution in [3.63, 3.8) is 0 Å². The van der Waals surface area contributed by atoms with Crippen LogP contribution in [0.4, 0.5) is 4.39 Å². The smallest absolute Gasteiger partial charge is 0.224 e. The number of hydrogen-bond acceptors (Lipinski definition) is 3. The Morgan fingerprint density at radius 1 is 1.38 bits per heavy atom. The number of aliphatic hydroxyl groups is 1. The summed E-state index contributed by atoms with van der Waals surface area (Å²) in [6.45, 7) is -0.240. The first-order chi connectivity index (χ1) is 10.2. The maximum absolute atomic E-state index is 13.7. The van der Waals surface area contributed by atoms with E-state index >= 15 is 0 Å². The van der Waals surface area contributed by atoms with Crippen LogP contribution in [-0.2, 0) is 4.79 Å². The minimum absolute atomic E-state index is 0.0813. The number of nitrogens with one attached hydrogen (secondary N) is 1. The lowest BCUT2D eigenvalue weighted by Crippen LogP contribution is -2.32. The summed E-state index contributed by atoms with van der Waals surface area (Å²) in [6, 6.07) is 9.35. The Balaban J connectivity index is 1.64. The molecule has 1 aliphatic rings. The maximum atomic E-state index is 13.7. The third kappa shape index (κ3) is 2.83. The zero-order valence-corrected chi connectivity index (χ0v) is 11.3. The van der Waals surface area contributed by atoms with Gasteiger partial charge in [-0.15, -0.1) is 0 Å². The molecule has 21 heavy (non-hydrogen) atoms. The van der Waals surface area contributed by atoms with Gasteiger partial charge in [0.05, 0.1) is 12.9 Å². The van der Waals surface area contributed by atoms with E-state index in [4.69, 9.17) is 4.42 Å². The Kier molecular flexibility index (Phi) is 3.75. The van der Waals surface area contributed by atoms with Gasteiger partial charge in [0.15, 0.2) is 0 Å². The molecule has 1 saturated carbocycles. The van der Waals surface area contributed by atoms with Crippen LogP contribution in [0, 0.1) is 11.7 Å². The van der Waals surface area contributed by atoms with E-state index in [1.165, 1.54) is 12.3 Å². The van der Waals surface area contributed by atoms with Crippen molar-refractivity contribution in [3.05, 3.63) is 59.8 Å². The molecule has 3 atom stereocenters. The molecule has 1 aliphatic carbocycles. The Morgan fingerprint density at radius 2 is 2.19 bits per heavy atom. The van der Waals surface area contributed by atoms with Crippen molar-refractivity contribution in [2.45, 2.75) is 18.4 Å². The van der Waals surface area contributed by atoms with Crippen molar-refractivity contribution in [2.75, 3.05) is 6.61 Å². The molecular weight excluding hydrogens is 273 g/mol. The number of aliphatic hydroxyl groups excluding tert-OH is 1. The van der Waals surface area contributed by atoms with E-state index in [9.17, 15) is 14.3 Å². The summed E-state index contributed by atoms with van der Waals surface area (Å²) in [5.74, 6) is -0.275. The van der Waals surface area contributed by atoms with Crippen LogP contribution in [0.25, 0.3) is 0 Å². The van der Waals surface area contributed by atoms with Gasteiger partial charge >= 0.3 is 0 Å². The highest BCUT2D eigenvalue weighted by Crippen LogP contribution is 2.48.